The molecule has 1 saturated heterocycles. The van der Waals surface area contributed by atoms with Gasteiger partial charge < -0.3 is 30.3 Å². The van der Waals surface area contributed by atoms with E-state index in [2.05, 4.69) is 4.74 Å². The molecule has 0 aliphatic carbocycles. The molecule has 0 spiro atoms. The first-order valence-electron chi connectivity index (χ1n) is 6.28. The molecule has 12 heavy (non-hydrogen) atoms. The van der Waals surface area contributed by atoms with Crippen LogP contribution in [0.25, 0.3) is 0 Å². The Morgan fingerprint density at radius 2 is 1.75 bits per heavy atom. The van der Waals surface area contributed by atoms with Crippen molar-refractivity contribution >= 4 is 0 Å². The highest BCUT2D eigenvalue weighted by Crippen LogP contribution is 2.18. The van der Waals surface area contributed by atoms with Gasteiger partial charge in [-0.25, -0.2) is 0 Å². The highest BCUT2D eigenvalue weighted by Gasteiger charge is 2.42. The van der Waals surface area contributed by atoms with Crippen LogP contribution in [0.15, 0.2) is 0 Å². The fourth-order valence-corrected chi connectivity index (χ4v) is 0.590. The topological polar surface area (TPSA) is 110 Å². The molecule has 0 aromatic heterocycles. The van der Waals surface area contributed by atoms with E-state index in [1.807, 2.05) is 0 Å². The van der Waals surface area contributed by atoms with E-state index in [0.717, 1.165) is 0 Å². The first-order chi connectivity index (χ1) is 7.96. The van der Waals surface area contributed by atoms with Crippen molar-refractivity contribution in [2.24, 2.45) is 0 Å². The van der Waals surface area contributed by atoms with Crippen molar-refractivity contribution in [2.45, 2.75) is 30.6 Å². The van der Waals surface area contributed by atoms with Crippen LogP contribution < -0.4 is 0 Å². The van der Waals surface area contributed by atoms with E-state index < -0.39 is 37.1 Å². The summed E-state index contributed by atoms with van der Waals surface area (Å²) in [7, 11) is 0. The van der Waals surface area contributed by atoms with Gasteiger partial charge in [0.15, 0.2) is 6.27 Å². The first-order valence-corrected chi connectivity index (χ1v) is 2.78. The van der Waals surface area contributed by atoms with Crippen molar-refractivity contribution in [1.82, 2.24) is 0 Å². The number of aliphatic hydroxyl groups is 5. The molecule has 1 fully saturated rings. The zero-order valence-corrected chi connectivity index (χ0v) is 5.64. The van der Waals surface area contributed by atoms with Crippen LogP contribution in [-0.2, 0) is 4.74 Å². The average molecular weight is 193 g/mol. The van der Waals surface area contributed by atoms with Gasteiger partial charge in [0, 0.05) is 0 Å². The fourth-order valence-electron chi connectivity index (χ4n) is 0.590. The van der Waals surface area contributed by atoms with Gasteiger partial charge in [-0.15, -0.1) is 0 Å². The summed E-state index contributed by atoms with van der Waals surface area (Å²) in [4.78, 5) is 0. The van der Waals surface area contributed by atoms with Gasteiger partial charge in [-0.1, -0.05) is 0 Å². The van der Waals surface area contributed by atoms with E-state index in [0.29, 0.717) is 0 Å². The van der Waals surface area contributed by atoms with E-state index in [4.69, 9.17) is 14.7 Å². The number of ether oxygens (including phenoxy) is 1. The minimum atomic E-state index is -4.16. The molecule has 1 aliphatic heterocycles. The van der Waals surface area contributed by atoms with Gasteiger partial charge in [0.1, 0.15) is 24.3 Å². The molecule has 5 atom stereocenters. The van der Waals surface area contributed by atoms with Gasteiger partial charge in [-0.2, -0.15) is 0 Å². The van der Waals surface area contributed by atoms with Crippen LogP contribution in [0.5, 0.6) is 0 Å². The van der Waals surface area contributed by atoms with Crippen molar-refractivity contribution in [1.29, 1.82) is 0 Å². The average Bonchev–Trinajstić information content (AvgIpc) is 2.12. The monoisotopic (exact) mass is 193 g/mol. The van der Waals surface area contributed by atoms with Gasteiger partial charge in [0.2, 0.25) is 0 Å². The summed E-state index contributed by atoms with van der Waals surface area (Å²) in [6.45, 7) is -3.93. The van der Waals surface area contributed by atoms with Gasteiger partial charge in [-0.3, -0.25) is 0 Å². The standard InChI is InChI=1S/C6H12O6/c7-1-2-3(8)4(9)5(10)6(11)12-2/h2-11H,1H2/t2?,3-,4+,5?,6?/m1/s1/i1+1D2,2+1D,3+1D,4+1D,5+1D,6+1D. The van der Waals surface area contributed by atoms with E-state index in [1.165, 1.54) is 0 Å². The van der Waals surface area contributed by atoms with Crippen LogP contribution in [0.4, 0.5) is 0 Å². The van der Waals surface area contributed by atoms with Gasteiger partial charge in [0.25, 0.3) is 0 Å². The molecule has 0 radical (unpaired) electrons. The zero-order chi connectivity index (χ0) is 15.7. The van der Waals surface area contributed by atoms with Crippen molar-refractivity contribution in [3.05, 3.63) is 0 Å². The molecule has 0 amide bonds. The predicted octanol–water partition coefficient (Wildman–Crippen LogP) is -3.22. The lowest BCUT2D eigenvalue weighted by Crippen LogP contribution is -2.58. The van der Waals surface area contributed by atoms with Gasteiger partial charge >= 0.3 is 0 Å². The Bertz CT molecular complexity index is 390. The van der Waals surface area contributed by atoms with Crippen molar-refractivity contribution in [3.63, 3.8) is 0 Å². The summed E-state index contributed by atoms with van der Waals surface area (Å²) in [6.07, 6.45) is -20.3. The van der Waals surface area contributed by atoms with Crippen LogP contribution >= 0.6 is 0 Å². The van der Waals surface area contributed by atoms with Crippen LogP contribution in [0, 0.1) is 0 Å². The molecule has 1 rings (SSSR count). The zero-order valence-electron chi connectivity index (χ0n) is 12.6. The maximum absolute atomic E-state index is 9.57. The third kappa shape index (κ3) is 1.58. The molecule has 0 saturated carbocycles. The molecule has 72 valence electrons. The Hall–Kier alpha value is -0.240. The highest BCUT2D eigenvalue weighted by atomic mass is 16.8. The number of hydrogen-bond acceptors (Lipinski definition) is 6. The lowest BCUT2D eigenvalue weighted by Gasteiger charge is -2.37. The lowest BCUT2D eigenvalue weighted by atomic mass is 10.9. The van der Waals surface area contributed by atoms with Gasteiger partial charge in [-0.05, 0) is 0 Å². The first kappa shape index (κ1) is 3.87. The molecule has 6 heteroatoms. The summed E-state index contributed by atoms with van der Waals surface area (Å²) in [5.74, 6) is 0. The molecule has 1 heterocycles. The van der Waals surface area contributed by atoms with Crippen molar-refractivity contribution in [2.75, 3.05) is 6.56 Å². The minimum absolute atomic E-state index is 3.90. The smallest absolute Gasteiger partial charge is 0.184 e. The number of hydrogen-bond donors (Lipinski definition) is 5. The molecule has 5 N–H and O–H groups in total. The lowest BCUT2D eigenvalue weighted by molar-refractivity contribution is -0.286. The highest BCUT2D eigenvalue weighted by molar-refractivity contribution is 4.87. The fraction of sp³-hybridized carbons (Fsp3) is 1.00. The van der Waals surface area contributed by atoms with Crippen LogP contribution in [0.3, 0.4) is 0 Å². The molecule has 0 aromatic rings. The predicted molar refractivity (Wildman–Crippen MR) is 36.0 cm³/mol. The summed E-state index contributed by atoms with van der Waals surface area (Å²) < 4.78 is 53.4. The Morgan fingerprint density at radius 1 is 1.17 bits per heavy atom. The largest absolute Gasteiger partial charge is 0.394 e. The second-order valence-electron chi connectivity index (χ2n) is 1.89. The van der Waals surface area contributed by atoms with E-state index >= 15 is 0 Å². The quantitative estimate of drug-likeness (QED) is 0.280. The molecular formula is C6H12O6. The number of rotatable bonds is 1. The van der Waals surface area contributed by atoms with Crippen LogP contribution in [0.1, 0.15) is 9.60 Å². The molecule has 0 bridgehead atoms. The van der Waals surface area contributed by atoms with Crippen LogP contribution in [0.2, 0.25) is 0 Å². The maximum atomic E-state index is 9.57. The Morgan fingerprint density at radius 3 is 2.25 bits per heavy atom. The van der Waals surface area contributed by atoms with Crippen LogP contribution in [-0.4, -0.2) is 62.7 Å². The van der Waals surface area contributed by atoms with Gasteiger partial charge in [0.05, 0.1) is 16.2 Å². The second kappa shape index (κ2) is 3.65. The SMILES string of the molecule is [2H][13C]([2H])(O)[13C]1([2H])O[13C]([2H])(O)[13C]([2H])(O)[13C@@]([2H])(O)[13C@]1([2H])O. The van der Waals surface area contributed by atoms with E-state index in [1.54, 1.807) is 0 Å². The van der Waals surface area contributed by atoms with E-state index in [-0.39, 0.29) is 0 Å². The Labute approximate surface area is 78.5 Å². The molecule has 6 nitrogen and oxygen atoms in total. The maximum Gasteiger partial charge on any atom is 0.184 e. The molecule has 1 aliphatic rings. The summed E-state index contributed by atoms with van der Waals surface area (Å²) >= 11 is 0. The van der Waals surface area contributed by atoms with Crippen molar-refractivity contribution < 1.29 is 39.9 Å². The summed E-state index contributed by atoms with van der Waals surface area (Å²) in [6, 6.07) is 0. The molecule has 0 aromatic carbocycles. The third-order valence-electron chi connectivity index (χ3n) is 1.17. The Balaban J connectivity index is 3.60. The van der Waals surface area contributed by atoms with Crippen molar-refractivity contribution in [3.8, 4) is 0 Å². The summed E-state index contributed by atoms with van der Waals surface area (Å²) in [5, 5.41) is 46.8. The normalized spacial score (nSPS) is 89.6. The minimum Gasteiger partial charge on any atom is -0.394 e. The second-order valence-corrected chi connectivity index (χ2v) is 1.89. The third-order valence-corrected chi connectivity index (χ3v) is 1.17. The Kier molecular flexibility index (Phi) is 1.18. The molecule has 3 unspecified atom stereocenters. The van der Waals surface area contributed by atoms with E-state index in [9.17, 15) is 20.4 Å². The summed E-state index contributed by atoms with van der Waals surface area (Å²) in [5.41, 5.74) is 0. The molecular weight excluding hydrogens is 174 g/mol.